The monoisotopic (exact) mass is 561 g/mol. The predicted octanol–water partition coefficient (Wildman–Crippen LogP) is 5.89. The molecule has 39 heavy (non-hydrogen) atoms. The van der Waals surface area contributed by atoms with Crippen LogP contribution in [0.5, 0.6) is 0 Å². The third-order valence-corrected chi connectivity index (χ3v) is 7.57. The molecule has 0 saturated heterocycles. The van der Waals surface area contributed by atoms with Gasteiger partial charge in [0.25, 0.3) is 5.91 Å². The first kappa shape index (κ1) is 27.6. The quantitative estimate of drug-likeness (QED) is 0.185. The minimum atomic E-state index is -1.42. The summed E-state index contributed by atoms with van der Waals surface area (Å²) in [4.78, 5) is 54.7. The number of carbonyl (C=O) groups excluding carboxylic acids is 2. The predicted molar refractivity (Wildman–Crippen MR) is 151 cm³/mol. The number of aromatic carboxylic acids is 2. The maximum Gasteiger partial charge on any atom is 0.336 e. The summed E-state index contributed by atoms with van der Waals surface area (Å²) in [6.07, 6.45) is 0. The van der Waals surface area contributed by atoms with E-state index in [2.05, 4.69) is 15.6 Å². The standard InChI is InChI=1S/C28H23N3O6S2/c1-15-23(17-7-4-3-5-8-17)30-28(39-15)31-24(32)16(2)38-20-10-6-9-19(14-20)29-25(33)21-12-11-18(26(34)35)13-22(21)27(36)37/h3-14,16H,1-2H3,(H,29,33)(H,34,35)(H,36,37)(H,30,31,32). The van der Waals surface area contributed by atoms with Crippen LogP contribution in [0.4, 0.5) is 10.8 Å². The van der Waals surface area contributed by atoms with Crippen molar-refractivity contribution in [1.29, 1.82) is 0 Å². The Kier molecular flexibility index (Phi) is 8.43. The molecule has 4 rings (SSSR count). The maximum atomic E-state index is 12.9. The number of nitrogens with one attached hydrogen (secondary N) is 2. The number of carbonyl (C=O) groups is 4. The van der Waals surface area contributed by atoms with Crippen LogP contribution in [-0.4, -0.2) is 44.2 Å². The van der Waals surface area contributed by atoms with Gasteiger partial charge in [0.1, 0.15) is 0 Å². The molecule has 1 aromatic heterocycles. The van der Waals surface area contributed by atoms with Gasteiger partial charge in [-0.15, -0.1) is 23.1 Å². The molecule has 11 heteroatoms. The van der Waals surface area contributed by atoms with Gasteiger partial charge in [-0.25, -0.2) is 14.6 Å². The zero-order chi connectivity index (χ0) is 28.1. The smallest absolute Gasteiger partial charge is 0.336 e. The molecule has 0 aliphatic heterocycles. The van der Waals surface area contributed by atoms with Gasteiger partial charge < -0.3 is 20.8 Å². The van der Waals surface area contributed by atoms with Crippen LogP contribution in [0.3, 0.4) is 0 Å². The molecule has 1 unspecified atom stereocenters. The molecule has 198 valence electrons. The van der Waals surface area contributed by atoms with Crippen molar-refractivity contribution in [2.45, 2.75) is 24.0 Å². The number of thioether (sulfide) groups is 1. The molecular formula is C28H23N3O6S2. The molecule has 9 nitrogen and oxygen atoms in total. The fourth-order valence-electron chi connectivity index (χ4n) is 3.68. The number of benzene rings is 3. The zero-order valence-corrected chi connectivity index (χ0v) is 22.4. The van der Waals surface area contributed by atoms with Crippen molar-refractivity contribution in [3.8, 4) is 11.3 Å². The lowest BCUT2D eigenvalue weighted by Crippen LogP contribution is -2.22. The van der Waals surface area contributed by atoms with Crippen LogP contribution in [0.2, 0.25) is 0 Å². The van der Waals surface area contributed by atoms with E-state index >= 15 is 0 Å². The van der Waals surface area contributed by atoms with Crippen molar-refractivity contribution in [2.24, 2.45) is 0 Å². The summed E-state index contributed by atoms with van der Waals surface area (Å²) in [6.45, 7) is 3.71. The van der Waals surface area contributed by atoms with Gasteiger partial charge in [0.15, 0.2) is 5.13 Å². The van der Waals surface area contributed by atoms with E-state index in [1.807, 2.05) is 37.3 Å². The Bertz CT molecular complexity index is 1570. The first-order valence-corrected chi connectivity index (χ1v) is 13.3. The molecule has 0 bridgehead atoms. The number of aromatic nitrogens is 1. The highest BCUT2D eigenvalue weighted by Crippen LogP contribution is 2.32. The zero-order valence-electron chi connectivity index (χ0n) is 20.8. The number of hydrogen-bond donors (Lipinski definition) is 4. The Hall–Kier alpha value is -4.48. The first-order valence-electron chi connectivity index (χ1n) is 11.6. The maximum absolute atomic E-state index is 12.9. The van der Waals surface area contributed by atoms with E-state index in [-0.39, 0.29) is 17.0 Å². The minimum absolute atomic E-state index is 0.174. The largest absolute Gasteiger partial charge is 0.478 e. The number of hydrogen-bond acceptors (Lipinski definition) is 7. The second-order valence-electron chi connectivity index (χ2n) is 8.39. The number of amides is 2. The van der Waals surface area contributed by atoms with Crippen molar-refractivity contribution >= 4 is 57.7 Å². The minimum Gasteiger partial charge on any atom is -0.478 e. The van der Waals surface area contributed by atoms with E-state index in [4.69, 9.17) is 5.11 Å². The lowest BCUT2D eigenvalue weighted by Gasteiger charge is -2.12. The molecule has 0 fully saturated rings. The van der Waals surface area contributed by atoms with Crippen LogP contribution >= 0.6 is 23.1 Å². The van der Waals surface area contributed by atoms with Crippen molar-refractivity contribution in [3.63, 3.8) is 0 Å². The Balaban J connectivity index is 1.42. The van der Waals surface area contributed by atoms with E-state index in [0.29, 0.717) is 15.7 Å². The van der Waals surface area contributed by atoms with E-state index in [1.165, 1.54) is 29.2 Å². The van der Waals surface area contributed by atoms with Crippen LogP contribution in [0.15, 0.2) is 77.7 Å². The summed E-state index contributed by atoms with van der Waals surface area (Å²) in [5, 5.41) is 24.1. The van der Waals surface area contributed by atoms with Crippen molar-refractivity contribution < 1.29 is 29.4 Å². The fourth-order valence-corrected chi connectivity index (χ4v) is 5.44. The van der Waals surface area contributed by atoms with E-state index in [1.54, 1.807) is 31.2 Å². The number of thiazole rings is 1. The van der Waals surface area contributed by atoms with Crippen LogP contribution in [0, 0.1) is 6.92 Å². The van der Waals surface area contributed by atoms with E-state index in [0.717, 1.165) is 28.3 Å². The van der Waals surface area contributed by atoms with Gasteiger partial charge in [0.05, 0.1) is 27.6 Å². The summed E-state index contributed by atoms with van der Waals surface area (Å²) < 4.78 is 0. The number of rotatable bonds is 9. The van der Waals surface area contributed by atoms with Crippen molar-refractivity contribution in [1.82, 2.24) is 4.98 Å². The Morgan fingerprint density at radius 2 is 1.62 bits per heavy atom. The normalized spacial score (nSPS) is 11.4. The number of nitrogens with zero attached hydrogens (tertiary/aromatic N) is 1. The highest BCUT2D eigenvalue weighted by Gasteiger charge is 2.21. The van der Waals surface area contributed by atoms with Gasteiger partial charge in [-0.2, -0.15) is 0 Å². The Labute approximate surface area is 231 Å². The highest BCUT2D eigenvalue weighted by molar-refractivity contribution is 8.00. The van der Waals surface area contributed by atoms with Gasteiger partial charge in [0, 0.05) is 21.0 Å². The number of carboxylic acids is 2. The van der Waals surface area contributed by atoms with Crippen LogP contribution in [-0.2, 0) is 4.79 Å². The molecule has 3 aromatic carbocycles. The van der Waals surface area contributed by atoms with Gasteiger partial charge in [0.2, 0.25) is 5.91 Å². The molecule has 1 heterocycles. The molecule has 0 radical (unpaired) electrons. The molecule has 0 saturated carbocycles. The molecule has 4 aromatic rings. The second kappa shape index (κ2) is 11.9. The van der Waals surface area contributed by atoms with E-state index in [9.17, 15) is 24.3 Å². The van der Waals surface area contributed by atoms with Crippen LogP contribution in [0.25, 0.3) is 11.3 Å². The van der Waals surface area contributed by atoms with Crippen LogP contribution < -0.4 is 10.6 Å². The third kappa shape index (κ3) is 6.70. The van der Waals surface area contributed by atoms with Crippen molar-refractivity contribution in [3.05, 3.63) is 94.4 Å². The summed E-state index contributed by atoms with van der Waals surface area (Å²) in [5.74, 6) is -3.65. The van der Waals surface area contributed by atoms with Gasteiger partial charge in [-0.1, -0.05) is 36.4 Å². The Morgan fingerprint density at radius 3 is 2.31 bits per heavy atom. The van der Waals surface area contributed by atoms with Gasteiger partial charge in [-0.05, 0) is 50.2 Å². The summed E-state index contributed by atoms with van der Waals surface area (Å²) in [6, 6.07) is 19.8. The number of aryl methyl sites for hydroxylation is 1. The molecule has 0 aliphatic carbocycles. The molecule has 0 aliphatic rings. The van der Waals surface area contributed by atoms with E-state index < -0.39 is 28.7 Å². The lowest BCUT2D eigenvalue weighted by molar-refractivity contribution is -0.115. The third-order valence-electron chi connectivity index (χ3n) is 5.59. The molecule has 4 N–H and O–H groups in total. The molecule has 0 spiro atoms. The lowest BCUT2D eigenvalue weighted by atomic mass is 10.0. The fraction of sp³-hybridized carbons (Fsp3) is 0.107. The van der Waals surface area contributed by atoms with Crippen LogP contribution in [0.1, 0.15) is 42.9 Å². The number of carboxylic acid groups (broad SMARTS) is 2. The SMILES string of the molecule is Cc1sc(NC(=O)C(C)Sc2cccc(NC(=O)c3ccc(C(=O)O)cc3C(=O)O)c2)nc1-c1ccccc1. The highest BCUT2D eigenvalue weighted by atomic mass is 32.2. The Morgan fingerprint density at radius 1 is 0.872 bits per heavy atom. The summed E-state index contributed by atoms with van der Waals surface area (Å²) in [7, 11) is 0. The average molecular weight is 562 g/mol. The molecular weight excluding hydrogens is 538 g/mol. The first-order chi connectivity index (χ1) is 18.6. The molecule has 1 atom stereocenters. The average Bonchev–Trinajstić information content (AvgIpc) is 3.28. The molecule has 2 amide bonds. The second-order valence-corrected chi connectivity index (χ2v) is 11.0. The summed E-state index contributed by atoms with van der Waals surface area (Å²) in [5.41, 5.74) is 1.35. The van der Waals surface area contributed by atoms with Crippen molar-refractivity contribution in [2.75, 3.05) is 10.6 Å². The van der Waals surface area contributed by atoms with Gasteiger partial charge >= 0.3 is 11.9 Å². The van der Waals surface area contributed by atoms with Gasteiger partial charge in [-0.3, -0.25) is 9.59 Å². The number of anilines is 2. The summed E-state index contributed by atoms with van der Waals surface area (Å²) >= 11 is 2.68. The topological polar surface area (TPSA) is 146 Å².